The summed E-state index contributed by atoms with van der Waals surface area (Å²) in [7, 11) is 0. The van der Waals surface area contributed by atoms with Crippen molar-refractivity contribution in [3.63, 3.8) is 0 Å². The molecule has 0 saturated heterocycles. The van der Waals surface area contributed by atoms with Gasteiger partial charge in [-0.25, -0.2) is 4.98 Å². The molecular formula is C14H15N7. The van der Waals surface area contributed by atoms with Gasteiger partial charge in [0.1, 0.15) is 6.33 Å². The number of hydrogen-bond donors (Lipinski definition) is 1. The molecule has 0 aliphatic rings. The van der Waals surface area contributed by atoms with Gasteiger partial charge in [0.25, 0.3) is 0 Å². The van der Waals surface area contributed by atoms with E-state index in [1.807, 2.05) is 19.9 Å². The summed E-state index contributed by atoms with van der Waals surface area (Å²) in [5, 5.41) is 3.12. The van der Waals surface area contributed by atoms with Gasteiger partial charge >= 0.3 is 0 Å². The third-order valence-electron chi connectivity index (χ3n) is 2.97. The van der Waals surface area contributed by atoms with Crippen LogP contribution in [0.3, 0.4) is 0 Å². The monoisotopic (exact) mass is 281 g/mol. The minimum atomic E-state index is 0.525. The average molecular weight is 281 g/mol. The summed E-state index contributed by atoms with van der Waals surface area (Å²) in [4.78, 5) is 21.5. The molecule has 0 fully saturated rings. The smallest absolute Gasteiger partial charge is 0.240 e. The fourth-order valence-electron chi connectivity index (χ4n) is 1.91. The van der Waals surface area contributed by atoms with Crippen molar-refractivity contribution in [3.8, 4) is 17.3 Å². The van der Waals surface area contributed by atoms with Gasteiger partial charge < -0.3 is 5.32 Å². The van der Waals surface area contributed by atoms with E-state index < -0.39 is 0 Å². The number of rotatable bonds is 4. The lowest BCUT2D eigenvalue weighted by Gasteiger charge is -2.09. The molecule has 0 radical (unpaired) electrons. The van der Waals surface area contributed by atoms with E-state index in [4.69, 9.17) is 0 Å². The van der Waals surface area contributed by atoms with E-state index in [9.17, 15) is 0 Å². The van der Waals surface area contributed by atoms with Crippen LogP contribution in [0, 0.1) is 6.92 Å². The highest BCUT2D eigenvalue weighted by molar-refractivity contribution is 5.59. The molecule has 0 aromatic carbocycles. The Bertz CT molecular complexity index is 737. The van der Waals surface area contributed by atoms with Crippen LogP contribution < -0.4 is 5.32 Å². The van der Waals surface area contributed by atoms with E-state index in [1.54, 1.807) is 35.7 Å². The van der Waals surface area contributed by atoms with Gasteiger partial charge in [0.2, 0.25) is 11.9 Å². The second-order valence-corrected chi connectivity index (χ2v) is 4.47. The molecule has 7 heteroatoms. The van der Waals surface area contributed by atoms with Crippen LogP contribution in [-0.2, 0) is 0 Å². The molecule has 0 aliphatic carbocycles. The summed E-state index contributed by atoms with van der Waals surface area (Å²) in [6, 6.07) is 1.93. The molecule has 0 atom stereocenters. The van der Waals surface area contributed by atoms with Crippen molar-refractivity contribution in [2.75, 3.05) is 11.9 Å². The summed E-state index contributed by atoms with van der Waals surface area (Å²) in [6.45, 7) is 4.74. The van der Waals surface area contributed by atoms with Gasteiger partial charge in [-0.3, -0.25) is 9.55 Å². The van der Waals surface area contributed by atoms with Gasteiger partial charge in [-0.05, 0) is 25.5 Å². The van der Waals surface area contributed by atoms with Crippen molar-refractivity contribution in [1.29, 1.82) is 0 Å². The number of nitrogens with one attached hydrogen (secondary N) is 1. The molecule has 0 spiro atoms. The SMILES string of the molecule is CCNc1nc(-c2cnccc2C)nc(-n2ccnc2)n1. The maximum atomic E-state index is 4.51. The minimum absolute atomic E-state index is 0.525. The highest BCUT2D eigenvalue weighted by Crippen LogP contribution is 2.20. The Hall–Kier alpha value is -2.83. The van der Waals surface area contributed by atoms with Crippen molar-refractivity contribution in [2.45, 2.75) is 13.8 Å². The molecule has 0 aliphatic heterocycles. The molecule has 21 heavy (non-hydrogen) atoms. The topological polar surface area (TPSA) is 81.4 Å². The highest BCUT2D eigenvalue weighted by atomic mass is 15.2. The van der Waals surface area contributed by atoms with Gasteiger partial charge in [-0.1, -0.05) is 0 Å². The number of aromatic nitrogens is 6. The number of imidazole rings is 1. The molecule has 3 aromatic heterocycles. The molecular weight excluding hydrogens is 266 g/mol. The molecule has 0 saturated carbocycles. The van der Waals surface area contributed by atoms with E-state index >= 15 is 0 Å². The Labute approximate surface area is 122 Å². The van der Waals surface area contributed by atoms with E-state index in [-0.39, 0.29) is 0 Å². The molecule has 0 amide bonds. The predicted octanol–water partition coefficient (Wildman–Crippen LogP) is 1.86. The highest BCUT2D eigenvalue weighted by Gasteiger charge is 2.11. The first kappa shape index (κ1) is 13.2. The third kappa shape index (κ3) is 2.71. The number of nitrogens with zero attached hydrogens (tertiary/aromatic N) is 6. The van der Waals surface area contributed by atoms with E-state index in [1.165, 1.54) is 0 Å². The summed E-state index contributed by atoms with van der Waals surface area (Å²) in [5.74, 6) is 1.65. The van der Waals surface area contributed by atoms with Crippen LogP contribution in [0.25, 0.3) is 17.3 Å². The van der Waals surface area contributed by atoms with Crippen molar-refractivity contribution < 1.29 is 0 Å². The van der Waals surface area contributed by atoms with E-state index in [0.717, 1.165) is 17.7 Å². The summed E-state index contributed by atoms with van der Waals surface area (Å²) in [5.41, 5.74) is 1.95. The van der Waals surface area contributed by atoms with Crippen LogP contribution in [0.1, 0.15) is 12.5 Å². The van der Waals surface area contributed by atoms with E-state index in [0.29, 0.717) is 17.7 Å². The Balaban J connectivity index is 2.14. The molecule has 1 N–H and O–H groups in total. The van der Waals surface area contributed by atoms with Gasteiger partial charge in [-0.15, -0.1) is 0 Å². The zero-order valence-corrected chi connectivity index (χ0v) is 11.9. The maximum absolute atomic E-state index is 4.51. The molecule has 106 valence electrons. The normalized spacial score (nSPS) is 10.6. The fraction of sp³-hybridized carbons (Fsp3) is 0.214. The van der Waals surface area contributed by atoms with Crippen LogP contribution >= 0.6 is 0 Å². The molecule has 3 rings (SSSR count). The average Bonchev–Trinajstić information content (AvgIpc) is 3.02. The van der Waals surface area contributed by atoms with Crippen LogP contribution in [0.5, 0.6) is 0 Å². The standard InChI is InChI=1S/C14H15N7/c1-3-17-13-18-12(11-8-15-5-4-10(11)2)19-14(20-13)21-7-6-16-9-21/h4-9H,3H2,1-2H3,(H,17,18,19,20). The quantitative estimate of drug-likeness (QED) is 0.786. The lowest BCUT2D eigenvalue weighted by atomic mass is 10.1. The van der Waals surface area contributed by atoms with Crippen LogP contribution in [0.15, 0.2) is 37.2 Å². The first-order valence-corrected chi connectivity index (χ1v) is 6.67. The number of pyridine rings is 1. The summed E-state index contributed by atoms with van der Waals surface area (Å²) in [6.07, 6.45) is 8.65. The number of hydrogen-bond acceptors (Lipinski definition) is 6. The zero-order valence-electron chi connectivity index (χ0n) is 11.9. The van der Waals surface area contributed by atoms with Gasteiger partial charge in [0, 0.05) is 36.9 Å². The van der Waals surface area contributed by atoms with Crippen LogP contribution in [-0.4, -0.2) is 36.0 Å². The maximum Gasteiger partial charge on any atom is 0.240 e. The Morgan fingerprint density at radius 1 is 1.14 bits per heavy atom. The lowest BCUT2D eigenvalue weighted by Crippen LogP contribution is -2.09. The molecule has 7 nitrogen and oxygen atoms in total. The predicted molar refractivity (Wildman–Crippen MR) is 79.1 cm³/mol. The summed E-state index contributed by atoms with van der Waals surface area (Å²) < 4.78 is 1.75. The van der Waals surface area contributed by atoms with Gasteiger partial charge in [0.05, 0.1) is 0 Å². The Morgan fingerprint density at radius 3 is 2.76 bits per heavy atom. The number of aryl methyl sites for hydroxylation is 1. The minimum Gasteiger partial charge on any atom is -0.354 e. The van der Waals surface area contributed by atoms with Crippen molar-refractivity contribution in [1.82, 2.24) is 29.5 Å². The first-order chi connectivity index (χ1) is 10.3. The molecule has 0 unspecified atom stereocenters. The van der Waals surface area contributed by atoms with Crippen LogP contribution in [0.4, 0.5) is 5.95 Å². The largest absolute Gasteiger partial charge is 0.354 e. The third-order valence-corrected chi connectivity index (χ3v) is 2.97. The lowest BCUT2D eigenvalue weighted by molar-refractivity contribution is 0.895. The second-order valence-electron chi connectivity index (χ2n) is 4.47. The van der Waals surface area contributed by atoms with Crippen molar-refractivity contribution in [3.05, 3.63) is 42.7 Å². The Kier molecular flexibility index (Phi) is 3.55. The zero-order chi connectivity index (χ0) is 14.7. The molecule has 3 heterocycles. The van der Waals surface area contributed by atoms with E-state index in [2.05, 4.69) is 30.2 Å². The van der Waals surface area contributed by atoms with Gasteiger partial charge in [0.15, 0.2) is 5.82 Å². The number of anilines is 1. The molecule has 3 aromatic rings. The van der Waals surface area contributed by atoms with Crippen molar-refractivity contribution >= 4 is 5.95 Å². The second kappa shape index (κ2) is 5.66. The molecule has 0 bridgehead atoms. The van der Waals surface area contributed by atoms with Gasteiger partial charge in [-0.2, -0.15) is 15.0 Å². The fourth-order valence-corrected chi connectivity index (χ4v) is 1.91. The van der Waals surface area contributed by atoms with Crippen LogP contribution in [0.2, 0.25) is 0 Å². The summed E-state index contributed by atoms with van der Waals surface area (Å²) >= 11 is 0. The van der Waals surface area contributed by atoms with Crippen molar-refractivity contribution in [2.24, 2.45) is 0 Å². The first-order valence-electron chi connectivity index (χ1n) is 6.67. The Morgan fingerprint density at radius 2 is 2.05 bits per heavy atom.